The van der Waals surface area contributed by atoms with Crippen molar-refractivity contribution in [1.82, 2.24) is 5.32 Å². The first-order chi connectivity index (χ1) is 8.27. The Kier molecular flexibility index (Phi) is 4.66. The van der Waals surface area contributed by atoms with E-state index in [0.29, 0.717) is 0 Å². The minimum atomic E-state index is -2.30. The SMILES string of the molecule is CC(Br)CNC(=O)c1c(F)c(F)c(F)c(F)c1F. The Hall–Kier alpha value is -1.18. The van der Waals surface area contributed by atoms with Gasteiger partial charge in [0.2, 0.25) is 5.82 Å². The molecule has 1 amide bonds. The molecule has 1 aromatic carbocycles. The van der Waals surface area contributed by atoms with Gasteiger partial charge in [0.05, 0.1) is 0 Å². The third-order valence-electron chi connectivity index (χ3n) is 1.98. The molecule has 0 heterocycles. The van der Waals surface area contributed by atoms with Crippen molar-refractivity contribution >= 4 is 21.8 Å². The van der Waals surface area contributed by atoms with Crippen molar-refractivity contribution in [2.45, 2.75) is 11.8 Å². The Balaban J connectivity index is 3.21. The van der Waals surface area contributed by atoms with E-state index in [-0.39, 0.29) is 11.4 Å². The summed E-state index contributed by atoms with van der Waals surface area (Å²) in [5.74, 6) is -12.3. The minimum absolute atomic E-state index is 0.0294. The number of hydrogen-bond donors (Lipinski definition) is 1. The summed E-state index contributed by atoms with van der Waals surface area (Å²) in [7, 11) is 0. The van der Waals surface area contributed by atoms with Gasteiger partial charge in [-0.15, -0.1) is 0 Å². The molecular formula is C10H7BrF5NO. The van der Waals surface area contributed by atoms with Crippen LogP contribution < -0.4 is 5.32 Å². The van der Waals surface area contributed by atoms with Crippen LogP contribution in [0.1, 0.15) is 17.3 Å². The molecular weight excluding hydrogens is 325 g/mol. The molecule has 0 aliphatic rings. The molecule has 1 aromatic rings. The predicted octanol–water partition coefficient (Wildman–Crippen LogP) is 2.90. The fourth-order valence-corrected chi connectivity index (χ4v) is 1.29. The number of benzene rings is 1. The number of halogens is 6. The van der Waals surface area contributed by atoms with Crippen molar-refractivity contribution in [1.29, 1.82) is 0 Å². The fourth-order valence-electron chi connectivity index (χ4n) is 1.13. The lowest BCUT2D eigenvalue weighted by Crippen LogP contribution is -2.30. The summed E-state index contributed by atoms with van der Waals surface area (Å²) in [6.45, 7) is 1.59. The van der Waals surface area contributed by atoms with Crippen molar-refractivity contribution < 1.29 is 26.7 Å². The van der Waals surface area contributed by atoms with Crippen LogP contribution in [-0.4, -0.2) is 17.3 Å². The molecule has 100 valence electrons. The van der Waals surface area contributed by atoms with E-state index in [9.17, 15) is 26.7 Å². The summed E-state index contributed by atoms with van der Waals surface area (Å²) in [5, 5.41) is 2.03. The second-order valence-corrected chi connectivity index (χ2v) is 5.00. The van der Waals surface area contributed by atoms with Gasteiger partial charge in [-0.05, 0) is 0 Å². The molecule has 1 rings (SSSR count). The Morgan fingerprint density at radius 2 is 1.44 bits per heavy atom. The standard InChI is InChI=1S/C10H7BrF5NO/c1-3(11)2-17-10(18)4-5(12)7(14)9(16)8(15)6(4)13/h3H,2H2,1H3,(H,17,18). The summed E-state index contributed by atoms with van der Waals surface area (Å²) in [6, 6.07) is 0. The molecule has 0 fully saturated rings. The number of hydrogen-bond acceptors (Lipinski definition) is 1. The first-order valence-electron chi connectivity index (χ1n) is 4.71. The summed E-state index contributed by atoms with van der Waals surface area (Å²) < 4.78 is 64.7. The Labute approximate surface area is 107 Å². The van der Waals surface area contributed by atoms with Crippen LogP contribution in [0.4, 0.5) is 22.0 Å². The van der Waals surface area contributed by atoms with E-state index in [1.165, 1.54) is 0 Å². The largest absolute Gasteiger partial charge is 0.351 e. The second-order valence-electron chi connectivity index (χ2n) is 3.44. The first-order valence-corrected chi connectivity index (χ1v) is 5.62. The lowest BCUT2D eigenvalue weighted by atomic mass is 10.1. The van der Waals surface area contributed by atoms with Crippen LogP contribution in [0.15, 0.2) is 0 Å². The summed E-state index contributed by atoms with van der Waals surface area (Å²) in [6.07, 6.45) is 0. The number of nitrogens with one attached hydrogen (secondary N) is 1. The predicted molar refractivity (Wildman–Crippen MR) is 57.0 cm³/mol. The van der Waals surface area contributed by atoms with E-state index in [1.54, 1.807) is 6.92 Å². The molecule has 0 saturated heterocycles. The van der Waals surface area contributed by atoms with Crippen LogP contribution in [-0.2, 0) is 0 Å². The fraction of sp³-hybridized carbons (Fsp3) is 0.300. The van der Waals surface area contributed by atoms with Crippen LogP contribution in [0.3, 0.4) is 0 Å². The van der Waals surface area contributed by atoms with Crippen LogP contribution in [0.2, 0.25) is 0 Å². The zero-order valence-electron chi connectivity index (χ0n) is 8.96. The average Bonchev–Trinajstić information content (AvgIpc) is 2.31. The van der Waals surface area contributed by atoms with Crippen LogP contribution in [0.25, 0.3) is 0 Å². The Morgan fingerprint density at radius 1 is 1.06 bits per heavy atom. The molecule has 0 spiro atoms. The highest BCUT2D eigenvalue weighted by molar-refractivity contribution is 9.09. The van der Waals surface area contributed by atoms with Gasteiger partial charge in [-0.2, -0.15) is 0 Å². The molecule has 0 bridgehead atoms. The molecule has 18 heavy (non-hydrogen) atoms. The molecule has 0 aromatic heterocycles. The van der Waals surface area contributed by atoms with Crippen LogP contribution in [0.5, 0.6) is 0 Å². The molecule has 0 saturated carbocycles. The topological polar surface area (TPSA) is 29.1 Å². The van der Waals surface area contributed by atoms with Crippen molar-refractivity contribution in [3.8, 4) is 0 Å². The molecule has 8 heteroatoms. The average molecular weight is 332 g/mol. The van der Waals surface area contributed by atoms with Gasteiger partial charge in [-0.3, -0.25) is 4.79 Å². The molecule has 0 aliphatic carbocycles. The number of carbonyl (C=O) groups excluding carboxylic acids is 1. The van der Waals surface area contributed by atoms with Gasteiger partial charge >= 0.3 is 0 Å². The third kappa shape index (κ3) is 2.80. The lowest BCUT2D eigenvalue weighted by molar-refractivity contribution is 0.0942. The minimum Gasteiger partial charge on any atom is -0.351 e. The monoisotopic (exact) mass is 331 g/mol. The maximum absolute atomic E-state index is 13.2. The number of rotatable bonds is 3. The van der Waals surface area contributed by atoms with Gasteiger partial charge in [-0.25, -0.2) is 22.0 Å². The van der Waals surface area contributed by atoms with E-state index >= 15 is 0 Å². The Morgan fingerprint density at radius 3 is 1.83 bits per heavy atom. The highest BCUT2D eigenvalue weighted by Crippen LogP contribution is 2.22. The van der Waals surface area contributed by atoms with Gasteiger partial charge in [0.25, 0.3) is 5.91 Å². The molecule has 1 atom stereocenters. The molecule has 1 unspecified atom stereocenters. The molecule has 0 radical (unpaired) electrons. The molecule has 1 N–H and O–H groups in total. The van der Waals surface area contributed by atoms with Gasteiger partial charge < -0.3 is 5.32 Å². The summed E-state index contributed by atoms with van der Waals surface area (Å²) >= 11 is 3.04. The van der Waals surface area contributed by atoms with Gasteiger partial charge in [0.15, 0.2) is 23.3 Å². The van der Waals surface area contributed by atoms with Crippen LogP contribution >= 0.6 is 15.9 Å². The van der Waals surface area contributed by atoms with E-state index in [4.69, 9.17) is 0 Å². The van der Waals surface area contributed by atoms with E-state index < -0.39 is 40.6 Å². The third-order valence-corrected chi connectivity index (χ3v) is 2.30. The maximum Gasteiger partial charge on any atom is 0.257 e. The van der Waals surface area contributed by atoms with E-state index in [2.05, 4.69) is 15.9 Å². The smallest absolute Gasteiger partial charge is 0.257 e. The number of alkyl halides is 1. The molecule has 2 nitrogen and oxygen atoms in total. The van der Waals surface area contributed by atoms with Gasteiger partial charge in [0.1, 0.15) is 5.56 Å². The Bertz CT molecular complexity index is 463. The van der Waals surface area contributed by atoms with Gasteiger partial charge in [-0.1, -0.05) is 22.9 Å². The van der Waals surface area contributed by atoms with Crippen molar-refractivity contribution in [2.24, 2.45) is 0 Å². The van der Waals surface area contributed by atoms with Crippen LogP contribution in [0, 0.1) is 29.1 Å². The molecule has 0 aliphatic heterocycles. The summed E-state index contributed by atoms with van der Waals surface area (Å²) in [4.78, 5) is 11.1. The summed E-state index contributed by atoms with van der Waals surface area (Å²) in [5.41, 5.74) is -1.49. The number of carbonyl (C=O) groups is 1. The van der Waals surface area contributed by atoms with Crippen molar-refractivity contribution in [2.75, 3.05) is 6.54 Å². The highest BCUT2D eigenvalue weighted by Gasteiger charge is 2.29. The zero-order valence-corrected chi connectivity index (χ0v) is 10.5. The zero-order chi connectivity index (χ0) is 14.0. The van der Waals surface area contributed by atoms with E-state index in [0.717, 1.165) is 0 Å². The number of amides is 1. The highest BCUT2D eigenvalue weighted by atomic mass is 79.9. The van der Waals surface area contributed by atoms with Crippen molar-refractivity contribution in [3.05, 3.63) is 34.6 Å². The first kappa shape index (κ1) is 14.9. The van der Waals surface area contributed by atoms with E-state index in [1.807, 2.05) is 5.32 Å². The van der Waals surface area contributed by atoms with Gasteiger partial charge in [0, 0.05) is 11.4 Å². The lowest BCUT2D eigenvalue weighted by Gasteiger charge is -2.09. The normalized spacial score (nSPS) is 12.4. The second kappa shape index (κ2) is 5.64. The maximum atomic E-state index is 13.2. The quantitative estimate of drug-likeness (QED) is 0.392. The van der Waals surface area contributed by atoms with Crippen molar-refractivity contribution in [3.63, 3.8) is 0 Å².